The Labute approximate surface area is 119 Å². The molecular weight excluding hydrogens is 280 g/mol. The van der Waals surface area contributed by atoms with E-state index in [9.17, 15) is 5.11 Å². The molecule has 1 aromatic heterocycles. The van der Waals surface area contributed by atoms with E-state index in [1.54, 1.807) is 22.9 Å². The highest BCUT2D eigenvalue weighted by molar-refractivity contribution is 7.71. The van der Waals surface area contributed by atoms with Crippen molar-refractivity contribution in [1.29, 1.82) is 0 Å². The van der Waals surface area contributed by atoms with Gasteiger partial charge in [0.25, 0.3) is 5.95 Å². The van der Waals surface area contributed by atoms with Crippen molar-refractivity contribution < 1.29 is 9.84 Å². The first-order chi connectivity index (χ1) is 9.69. The molecule has 0 aliphatic carbocycles. The van der Waals surface area contributed by atoms with Crippen molar-refractivity contribution in [2.45, 2.75) is 6.92 Å². The van der Waals surface area contributed by atoms with E-state index in [4.69, 9.17) is 17.0 Å². The van der Waals surface area contributed by atoms with Gasteiger partial charge in [-0.25, -0.2) is 10.5 Å². The van der Waals surface area contributed by atoms with Gasteiger partial charge in [0.15, 0.2) is 17.3 Å². The Morgan fingerprint density at radius 1 is 1.45 bits per heavy atom. The van der Waals surface area contributed by atoms with Crippen molar-refractivity contribution in [2.75, 3.05) is 17.5 Å². The zero-order valence-corrected chi connectivity index (χ0v) is 11.4. The first kappa shape index (κ1) is 12.5. The highest BCUT2D eigenvalue weighted by Crippen LogP contribution is 2.27. The number of H-pyrrole nitrogens is 1. The van der Waals surface area contributed by atoms with Crippen molar-refractivity contribution in [3.63, 3.8) is 0 Å². The number of aromatic amines is 1. The summed E-state index contributed by atoms with van der Waals surface area (Å²) in [5, 5.41) is 20.4. The molecule has 0 saturated carbocycles. The van der Waals surface area contributed by atoms with Crippen LogP contribution >= 0.6 is 12.2 Å². The predicted octanol–water partition coefficient (Wildman–Crippen LogP) is 1.38. The zero-order chi connectivity index (χ0) is 14.1. The lowest BCUT2D eigenvalue weighted by Crippen LogP contribution is -2.30. The number of ether oxygens (including phenoxy) is 1. The Morgan fingerprint density at radius 3 is 3.10 bits per heavy atom. The van der Waals surface area contributed by atoms with Crippen molar-refractivity contribution in [2.24, 2.45) is 5.10 Å². The Balaban J connectivity index is 1.94. The number of hydrazone groups is 1. The summed E-state index contributed by atoms with van der Waals surface area (Å²) in [6.45, 7) is 2.31. The second kappa shape index (κ2) is 4.85. The number of anilines is 1. The third-order valence-electron chi connectivity index (χ3n) is 2.69. The van der Waals surface area contributed by atoms with Gasteiger partial charge in [-0.05, 0) is 37.3 Å². The average Bonchev–Trinajstić information content (AvgIpc) is 2.83. The lowest BCUT2D eigenvalue weighted by atomic mass is 10.2. The van der Waals surface area contributed by atoms with Crippen LogP contribution in [0, 0.1) is 4.77 Å². The van der Waals surface area contributed by atoms with Gasteiger partial charge in [0.2, 0.25) is 4.77 Å². The molecule has 0 saturated heterocycles. The number of fused-ring (bicyclic) bond motifs is 1. The molecule has 0 unspecified atom stereocenters. The largest absolute Gasteiger partial charge is 0.504 e. The Hall–Kier alpha value is -2.55. The van der Waals surface area contributed by atoms with Crippen LogP contribution in [-0.2, 0) is 0 Å². The average molecular weight is 292 g/mol. The van der Waals surface area contributed by atoms with Gasteiger partial charge in [0.1, 0.15) is 0 Å². The second-order valence-electron chi connectivity index (χ2n) is 3.99. The van der Waals surface area contributed by atoms with Gasteiger partial charge in [0.05, 0.1) is 6.61 Å². The monoisotopic (exact) mass is 292 g/mol. The summed E-state index contributed by atoms with van der Waals surface area (Å²) in [6, 6.07) is 4.97. The first-order valence-corrected chi connectivity index (χ1v) is 6.34. The number of hydrogen-bond acceptors (Lipinski definition) is 7. The SMILES string of the molecule is CCOc1cc(C2=NNc3n[nH]c(=S)n3N2)ccc1O. The van der Waals surface area contributed by atoms with E-state index in [2.05, 4.69) is 26.2 Å². The minimum Gasteiger partial charge on any atom is -0.504 e. The number of amidine groups is 1. The maximum Gasteiger partial charge on any atom is 0.263 e. The van der Waals surface area contributed by atoms with Crippen LogP contribution in [-0.4, -0.2) is 32.4 Å². The van der Waals surface area contributed by atoms with E-state index >= 15 is 0 Å². The number of nitrogens with zero attached hydrogens (tertiary/aromatic N) is 3. The van der Waals surface area contributed by atoms with Crippen molar-refractivity contribution in [1.82, 2.24) is 14.9 Å². The van der Waals surface area contributed by atoms with Crippen LogP contribution in [0.15, 0.2) is 23.3 Å². The number of aromatic hydroxyl groups is 1. The molecule has 9 heteroatoms. The lowest BCUT2D eigenvalue weighted by molar-refractivity contribution is 0.318. The van der Waals surface area contributed by atoms with Gasteiger partial charge in [0, 0.05) is 5.56 Å². The summed E-state index contributed by atoms with van der Waals surface area (Å²) < 4.78 is 7.33. The van der Waals surface area contributed by atoms with Crippen molar-refractivity contribution >= 4 is 24.0 Å². The first-order valence-electron chi connectivity index (χ1n) is 5.93. The molecule has 4 N–H and O–H groups in total. The summed E-state index contributed by atoms with van der Waals surface area (Å²) in [5.41, 5.74) is 6.54. The molecule has 0 spiro atoms. The molecule has 0 radical (unpaired) electrons. The minimum absolute atomic E-state index is 0.0839. The van der Waals surface area contributed by atoms with E-state index in [1.165, 1.54) is 0 Å². The number of benzene rings is 1. The summed E-state index contributed by atoms with van der Waals surface area (Å²) in [4.78, 5) is 0. The van der Waals surface area contributed by atoms with Crippen LogP contribution in [0.3, 0.4) is 0 Å². The van der Waals surface area contributed by atoms with Crippen LogP contribution < -0.4 is 15.6 Å². The molecule has 1 aliphatic heterocycles. The molecular formula is C11H12N6O2S. The fourth-order valence-corrected chi connectivity index (χ4v) is 1.95. The number of rotatable bonds is 3. The predicted molar refractivity (Wildman–Crippen MR) is 76.2 cm³/mol. The van der Waals surface area contributed by atoms with Crippen molar-refractivity contribution in [3.05, 3.63) is 28.5 Å². The summed E-state index contributed by atoms with van der Waals surface area (Å²) in [7, 11) is 0. The molecule has 3 rings (SSSR count). The molecule has 1 aliphatic rings. The molecule has 104 valence electrons. The standard InChI is InChI=1S/C11H12N6O2S/c1-2-19-8-5-6(3-4-7(8)18)9-12-13-10-14-15-11(20)17(10)16-9/h3-5,18H,2H2,1H3,(H,12,16)(H,13,14)(H,15,20). The lowest BCUT2D eigenvalue weighted by Gasteiger charge is -2.17. The number of nitrogens with one attached hydrogen (secondary N) is 3. The molecule has 1 aromatic carbocycles. The quantitative estimate of drug-likeness (QED) is 0.638. The topological polar surface area (TPSA) is 99.5 Å². The van der Waals surface area contributed by atoms with Gasteiger partial charge >= 0.3 is 0 Å². The van der Waals surface area contributed by atoms with Gasteiger partial charge in [-0.2, -0.15) is 9.78 Å². The smallest absolute Gasteiger partial charge is 0.263 e. The fraction of sp³-hybridized carbons (Fsp3) is 0.182. The Bertz CT molecular complexity index is 735. The van der Waals surface area contributed by atoms with E-state index in [-0.39, 0.29) is 5.75 Å². The maximum absolute atomic E-state index is 9.70. The highest BCUT2D eigenvalue weighted by atomic mass is 32.1. The number of phenolic OH excluding ortho intramolecular Hbond substituents is 1. The number of phenols is 1. The van der Waals surface area contributed by atoms with Crippen LogP contribution in [0.1, 0.15) is 12.5 Å². The molecule has 20 heavy (non-hydrogen) atoms. The van der Waals surface area contributed by atoms with Crippen molar-refractivity contribution in [3.8, 4) is 11.5 Å². The minimum atomic E-state index is 0.0839. The molecule has 0 bridgehead atoms. The van der Waals surface area contributed by atoms with Gasteiger partial charge in [-0.3, -0.25) is 5.43 Å². The van der Waals surface area contributed by atoms with Crippen LogP contribution in [0.2, 0.25) is 0 Å². The molecule has 8 nitrogen and oxygen atoms in total. The Kier molecular flexibility index (Phi) is 3.03. The second-order valence-corrected chi connectivity index (χ2v) is 4.37. The van der Waals surface area contributed by atoms with Crippen LogP contribution in [0.4, 0.5) is 5.95 Å². The number of hydrogen-bond donors (Lipinski definition) is 4. The zero-order valence-electron chi connectivity index (χ0n) is 10.5. The van der Waals surface area contributed by atoms with Crippen LogP contribution in [0.5, 0.6) is 11.5 Å². The molecule has 0 amide bonds. The molecule has 0 fully saturated rings. The Morgan fingerprint density at radius 2 is 2.30 bits per heavy atom. The molecule has 0 atom stereocenters. The molecule has 2 aromatic rings. The van der Waals surface area contributed by atoms with E-state index in [0.29, 0.717) is 28.9 Å². The summed E-state index contributed by atoms with van der Waals surface area (Å²) in [6.07, 6.45) is 0. The van der Waals surface area contributed by atoms with Gasteiger partial charge in [-0.1, -0.05) is 0 Å². The van der Waals surface area contributed by atoms with E-state index < -0.39 is 0 Å². The third kappa shape index (κ3) is 2.07. The van der Waals surface area contributed by atoms with Crippen LogP contribution in [0.25, 0.3) is 0 Å². The fourth-order valence-electron chi connectivity index (χ4n) is 1.77. The van der Waals surface area contributed by atoms with E-state index in [1.807, 2.05) is 6.92 Å². The number of aromatic nitrogens is 3. The molecule has 2 heterocycles. The summed E-state index contributed by atoms with van der Waals surface area (Å²) >= 11 is 5.09. The third-order valence-corrected chi connectivity index (χ3v) is 2.96. The van der Waals surface area contributed by atoms with Gasteiger partial charge < -0.3 is 9.84 Å². The summed E-state index contributed by atoms with van der Waals surface area (Å²) in [5.74, 6) is 1.50. The normalized spacial score (nSPS) is 12.9. The maximum atomic E-state index is 9.70. The van der Waals surface area contributed by atoms with E-state index in [0.717, 1.165) is 5.56 Å². The van der Waals surface area contributed by atoms with Gasteiger partial charge in [-0.15, -0.1) is 5.10 Å². The highest BCUT2D eigenvalue weighted by Gasteiger charge is 2.16.